The van der Waals surface area contributed by atoms with Crippen LogP contribution in [0.1, 0.15) is 13.8 Å². The first-order valence-corrected chi connectivity index (χ1v) is 4.65. The largest absolute Gasteiger partial charge is 0.356 e. The maximum absolute atomic E-state index is 6.00. The van der Waals surface area contributed by atoms with Crippen molar-refractivity contribution in [1.82, 2.24) is 0 Å². The van der Waals surface area contributed by atoms with Gasteiger partial charge in [0.15, 0.2) is 0 Å². The Bertz CT molecular complexity index is 221. The molecule has 0 aliphatic rings. The summed E-state index contributed by atoms with van der Waals surface area (Å²) in [6, 6.07) is 10.2. The molecule has 0 fully saturated rings. The number of nitrogens with zero attached hydrogens (tertiary/aromatic N) is 1. The van der Waals surface area contributed by atoms with Gasteiger partial charge in [-0.2, -0.15) is 0 Å². The first-order valence-electron chi connectivity index (χ1n) is 4.21. The number of hydrogen-bond acceptors (Lipinski definition) is 1. The van der Waals surface area contributed by atoms with Crippen molar-refractivity contribution in [1.29, 1.82) is 0 Å². The second-order valence-corrected chi connectivity index (χ2v) is 3.33. The van der Waals surface area contributed by atoms with Gasteiger partial charge in [0, 0.05) is 12.2 Å². The minimum absolute atomic E-state index is 0.0531. The third-order valence-electron chi connectivity index (χ3n) is 1.86. The number of hydrogen-bond donors (Lipinski definition) is 0. The van der Waals surface area contributed by atoms with E-state index in [0.717, 1.165) is 6.54 Å². The zero-order valence-corrected chi connectivity index (χ0v) is 8.25. The summed E-state index contributed by atoms with van der Waals surface area (Å²) in [6.45, 7) is 5.03. The van der Waals surface area contributed by atoms with E-state index in [4.69, 9.17) is 11.6 Å². The molecule has 0 aromatic heterocycles. The van der Waals surface area contributed by atoms with Crippen LogP contribution in [-0.2, 0) is 0 Å². The molecule has 0 aliphatic heterocycles. The number of halogens is 1. The van der Waals surface area contributed by atoms with Crippen molar-refractivity contribution in [2.75, 3.05) is 11.4 Å². The first-order chi connectivity index (χ1) is 5.75. The van der Waals surface area contributed by atoms with E-state index in [-0.39, 0.29) is 5.50 Å². The second-order valence-electron chi connectivity index (χ2n) is 2.70. The lowest BCUT2D eigenvalue weighted by atomic mass is 10.3. The lowest BCUT2D eigenvalue weighted by Crippen LogP contribution is -2.28. The summed E-state index contributed by atoms with van der Waals surface area (Å²) in [5.74, 6) is 0. The molecule has 0 radical (unpaired) electrons. The third-order valence-corrected chi connectivity index (χ3v) is 2.09. The van der Waals surface area contributed by atoms with Gasteiger partial charge in [0.1, 0.15) is 5.50 Å². The second kappa shape index (κ2) is 4.36. The standard InChI is InChI=1S/C10H14ClN/c1-3-12(9(2)11)10-7-5-4-6-8-10/h4-9H,3H2,1-2H3. The summed E-state index contributed by atoms with van der Waals surface area (Å²) in [6.07, 6.45) is 0. The molecular weight excluding hydrogens is 170 g/mol. The minimum Gasteiger partial charge on any atom is -0.356 e. The smallest absolute Gasteiger partial charge is 0.101 e. The molecule has 0 amide bonds. The maximum atomic E-state index is 6.00. The highest BCUT2D eigenvalue weighted by Gasteiger charge is 2.07. The van der Waals surface area contributed by atoms with Crippen molar-refractivity contribution in [2.45, 2.75) is 19.3 Å². The number of anilines is 1. The van der Waals surface area contributed by atoms with Gasteiger partial charge >= 0.3 is 0 Å². The van der Waals surface area contributed by atoms with Crippen LogP contribution in [0.25, 0.3) is 0 Å². The molecule has 1 nitrogen and oxygen atoms in total. The Morgan fingerprint density at radius 3 is 2.33 bits per heavy atom. The van der Waals surface area contributed by atoms with E-state index in [1.807, 2.05) is 25.1 Å². The molecule has 66 valence electrons. The molecule has 1 atom stereocenters. The molecule has 0 saturated carbocycles. The Kier molecular flexibility index (Phi) is 3.42. The number of alkyl halides is 1. The van der Waals surface area contributed by atoms with Gasteiger partial charge in [-0.1, -0.05) is 29.8 Å². The Labute approximate surface area is 79.0 Å². The first kappa shape index (κ1) is 9.40. The topological polar surface area (TPSA) is 3.24 Å². The molecule has 12 heavy (non-hydrogen) atoms. The van der Waals surface area contributed by atoms with Gasteiger partial charge in [0.05, 0.1) is 0 Å². The van der Waals surface area contributed by atoms with E-state index in [1.165, 1.54) is 5.69 Å². The van der Waals surface area contributed by atoms with E-state index in [9.17, 15) is 0 Å². The van der Waals surface area contributed by atoms with Crippen LogP contribution in [0.4, 0.5) is 5.69 Å². The molecule has 0 bridgehead atoms. The van der Waals surface area contributed by atoms with Crippen LogP contribution < -0.4 is 4.90 Å². The van der Waals surface area contributed by atoms with E-state index in [2.05, 4.69) is 24.0 Å². The molecule has 1 aromatic rings. The lowest BCUT2D eigenvalue weighted by Gasteiger charge is -2.25. The van der Waals surface area contributed by atoms with E-state index >= 15 is 0 Å². The normalized spacial score (nSPS) is 12.6. The SMILES string of the molecule is CCN(c1ccccc1)C(C)Cl. The molecule has 0 N–H and O–H groups in total. The molecular formula is C10H14ClN. The molecule has 1 aromatic carbocycles. The van der Waals surface area contributed by atoms with Crippen LogP contribution in [0.2, 0.25) is 0 Å². The van der Waals surface area contributed by atoms with Crippen LogP contribution in [0.3, 0.4) is 0 Å². The fraction of sp³-hybridized carbons (Fsp3) is 0.400. The Hall–Kier alpha value is -0.690. The average molecular weight is 184 g/mol. The van der Waals surface area contributed by atoms with Gasteiger partial charge in [0.25, 0.3) is 0 Å². The zero-order chi connectivity index (χ0) is 8.97. The Balaban J connectivity index is 2.80. The van der Waals surface area contributed by atoms with E-state index in [0.29, 0.717) is 0 Å². The monoisotopic (exact) mass is 183 g/mol. The molecule has 0 saturated heterocycles. The summed E-state index contributed by atoms with van der Waals surface area (Å²) >= 11 is 6.00. The zero-order valence-electron chi connectivity index (χ0n) is 7.50. The van der Waals surface area contributed by atoms with Crippen molar-refractivity contribution >= 4 is 17.3 Å². The van der Waals surface area contributed by atoms with Gasteiger partial charge in [-0.3, -0.25) is 0 Å². The van der Waals surface area contributed by atoms with Gasteiger partial charge in [0.2, 0.25) is 0 Å². The molecule has 2 heteroatoms. The van der Waals surface area contributed by atoms with E-state index in [1.54, 1.807) is 0 Å². The van der Waals surface area contributed by atoms with Gasteiger partial charge < -0.3 is 4.90 Å². The summed E-state index contributed by atoms with van der Waals surface area (Å²) in [4.78, 5) is 2.14. The molecule has 1 rings (SSSR count). The average Bonchev–Trinajstić information content (AvgIpc) is 2.07. The Morgan fingerprint density at radius 2 is 1.92 bits per heavy atom. The van der Waals surface area contributed by atoms with Crippen molar-refractivity contribution in [3.05, 3.63) is 30.3 Å². The van der Waals surface area contributed by atoms with Crippen LogP contribution in [-0.4, -0.2) is 12.0 Å². The molecule has 1 unspecified atom stereocenters. The summed E-state index contributed by atoms with van der Waals surface area (Å²) in [7, 11) is 0. The predicted molar refractivity (Wildman–Crippen MR) is 54.8 cm³/mol. The molecule has 0 heterocycles. The van der Waals surface area contributed by atoms with Gasteiger partial charge in [-0.15, -0.1) is 0 Å². The van der Waals surface area contributed by atoms with Crippen molar-refractivity contribution in [2.24, 2.45) is 0 Å². The quantitative estimate of drug-likeness (QED) is 0.514. The van der Waals surface area contributed by atoms with Crippen LogP contribution >= 0.6 is 11.6 Å². The summed E-state index contributed by atoms with van der Waals surface area (Å²) in [5, 5.41) is 0. The summed E-state index contributed by atoms with van der Waals surface area (Å²) in [5.41, 5.74) is 1.24. The highest BCUT2D eigenvalue weighted by molar-refractivity contribution is 6.21. The molecule has 0 spiro atoms. The number of benzene rings is 1. The number of para-hydroxylation sites is 1. The fourth-order valence-corrected chi connectivity index (χ4v) is 1.51. The highest BCUT2D eigenvalue weighted by Crippen LogP contribution is 2.17. The van der Waals surface area contributed by atoms with Crippen molar-refractivity contribution in [3.63, 3.8) is 0 Å². The fourth-order valence-electron chi connectivity index (χ4n) is 1.26. The van der Waals surface area contributed by atoms with Crippen molar-refractivity contribution < 1.29 is 0 Å². The molecule has 0 aliphatic carbocycles. The summed E-state index contributed by atoms with van der Waals surface area (Å²) < 4.78 is 0. The number of rotatable bonds is 3. The maximum Gasteiger partial charge on any atom is 0.101 e. The highest BCUT2D eigenvalue weighted by atomic mass is 35.5. The van der Waals surface area contributed by atoms with Crippen LogP contribution in [0.15, 0.2) is 30.3 Å². The van der Waals surface area contributed by atoms with Gasteiger partial charge in [-0.05, 0) is 26.0 Å². The van der Waals surface area contributed by atoms with E-state index < -0.39 is 0 Å². The predicted octanol–water partition coefficient (Wildman–Crippen LogP) is 3.10. The van der Waals surface area contributed by atoms with Gasteiger partial charge in [-0.25, -0.2) is 0 Å². The third kappa shape index (κ3) is 2.15. The van der Waals surface area contributed by atoms with Crippen LogP contribution in [0, 0.1) is 0 Å². The Morgan fingerprint density at radius 1 is 1.33 bits per heavy atom. The lowest BCUT2D eigenvalue weighted by molar-refractivity contribution is 0.814. The minimum atomic E-state index is 0.0531. The van der Waals surface area contributed by atoms with Crippen LogP contribution in [0.5, 0.6) is 0 Å². The van der Waals surface area contributed by atoms with Crippen molar-refractivity contribution in [3.8, 4) is 0 Å².